The molecule has 2 amide bonds. The topological polar surface area (TPSA) is 58.6 Å². The molecule has 1 aliphatic heterocycles. The van der Waals surface area contributed by atoms with Crippen LogP contribution < -0.4 is 10.2 Å². The van der Waals surface area contributed by atoms with Gasteiger partial charge in [-0.1, -0.05) is 31.2 Å². The van der Waals surface area contributed by atoms with Crippen LogP contribution in [0.1, 0.15) is 30.4 Å². The Morgan fingerprint density at radius 2 is 2.04 bits per heavy atom. The largest absolute Gasteiger partial charge is 0.447 e. The van der Waals surface area contributed by atoms with Crippen molar-refractivity contribution >= 4 is 17.7 Å². The summed E-state index contributed by atoms with van der Waals surface area (Å²) >= 11 is 0. The Bertz CT molecular complexity index is 792. The maximum Gasteiger partial charge on any atom is 0.414 e. The van der Waals surface area contributed by atoms with Crippen molar-refractivity contribution in [1.82, 2.24) is 5.32 Å². The molecule has 0 saturated carbocycles. The van der Waals surface area contributed by atoms with Crippen molar-refractivity contribution in [3.63, 3.8) is 0 Å². The van der Waals surface area contributed by atoms with Crippen LogP contribution >= 0.6 is 0 Å². The number of ether oxygens (including phenoxy) is 1. The third kappa shape index (κ3) is 4.39. The standard InChI is InChI=1S/C20H21FN2O3/c1-14(16-5-7-17(21)8-6-16)11-19(24)22-13-15-3-2-4-18(12-15)23-9-10-26-20(23)25/h2-8,12,14H,9-11,13H2,1H3,(H,22,24). The fourth-order valence-corrected chi connectivity index (χ4v) is 2.92. The van der Waals surface area contributed by atoms with Crippen molar-refractivity contribution in [3.8, 4) is 0 Å². The molecular weight excluding hydrogens is 335 g/mol. The molecule has 1 heterocycles. The second kappa shape index (κ2) is 7.99. The van der Waals surface area contributed by atoms with Gasteiger partial charge in [-0.15, -0.1) is 0 Å². The molecule has 0 spiro atoms. The van der Waals surface area contributed by atoms with Gasteiger partial charge in [-0.25, -0.2) is 9.18 Å². The zero-order valence-electron chi connectivity index (χ0n) is 14.6. The number of rotatable bonds is 6. The molecule has 1 atom stereocenters. The molecule has 0 bridgehead atoms. The zero-order chi connectivity index (χ0) is 18.5. The Morgan fingerprint density at radius 3 is 2.73 bits per heavy atom. The summed E-state index contributed by atoms with van der Waals surface area (Å²) in [5.74, 6) is -0.360. The highest BCUT2D eigenvalue weighted by Crippen LogP contribution is 2.21. The van der Waals surface area contributed by atoms with Gasteiger partial charge in [0.05, 0.1) is 6.54 Å². The molecule has 0 radical (unpaired) electrons. The van der Waals surface area contributed by atoms with Crippen molar-refractivity contribution in [1.29, 1.82) is 0 Å². The summed E-state index contributed by atoms with van der Waals surface area (Å²) < 4.78 is 17.9. The fraction of sp³-hybridized carbons (Fsp3) is 0.300. The van der Waals surface area contributed by atoms with E-state index in [9.17, 15) is 14.0 Å². The van der Waals surface area contributed by atoms with E-state index in [1.807, 2.05) is 31.2 Å². The number of benzene rings is 2. The fourth-order valence-electron chi connectivity index (χ4n) is 2.92. The minimum Gasteiger partial charge on any atom is -0.447 e. The van der Waals surface area contributed by atoms with Crippen LogP contribution in [-0.4, -0.2) is 25.2 Å². The number of amides is 2. The smallest absolute Gasteiger partial charge is 0.414 e. The van der Waals surface area contributed by atoms with E-state index in [-0.39, 0.29) is 23.7 Å². The number of anilines is 1. The molecule has 5 nitrogen and oxygen atoms in total. The monoisotopic (exact) mass is 356 g/mol. The van der Waals surface area contributed by atoms with E-state index in [4.69, 9.17) is 4.74 Å². The van der Waals surface area contributed by atoms with Gasteiger partial charge in [0.25, 0.3) is 0 Å². The zero-order valence-corrected chi connectivity index (χ0v) is 14.6. The number of halogens is 1. The average Bonchev–Trinajstić information content (AvgIpc) is 3.07. The van der Waals surface area contributed by atoms with E-state index in [1.165, 1.54) is 12.1 Å². The Kier molecular flexibility index (Phi) is 5.51. The van der Waals surface area contributed by atoms with Crippen LogP contribution in [0.2, 0.25) is 0 Å². The molecule has 1 unspecified atom stereocenters. The highest BCUT2D eigenvalue weighted by Gasteiger charge is 2.23. The molecule has 1 aliphatic rings. The molecule has 26 heavy (non-hydrogen) atoms. The minimum atomic E-state index is -0.348. The summed E-state index contributed by atoms with van der Waals surface area (Å²) in [5.41, 5.74) is 2.60. The Hall–Kier alpha value is -2.89. The molecule has 0 aliphatic carbocycles. The van der Waals surface area contributed by atoms with E-state index in [0.29, 0.717) is 26.1 Å². The van der Waals surface area contributed by atoms with Crippen molar-refractivity contribution in [2.75, 3.05) is 18.1 Å². The van der Waals surface area contributed by atoms with Crippen LogP contribution in [0.15, 0.2) is 48.5 Å². The number of cyclic esters (lactones) is 1. The molecule has 3 rings (SSSR count). The van der Waals surface area contributed by atoms with Crippen LogP contribution in [-0.2, 0) is 16.1 Å². The van der Waals surface area contributed by atoms with Crippen molar-refractivity contribution < 1.29 is 18.7 Å². The quantitative estimate of drug-likeness (QED) is 0.860. The molecule has 2 aromatic rings. The SMILES string of the molecule is CC(CC(=O)NCc1cccc(N2CCOC2=O)c1)c1ccc(F)cc1. The van der Waals surface area contributed by atoms with Crippen LogP contribution in [0.4, 0.5) is 14.9 Å². The van der Waals surface area contributed by atoms with Crippen LogP contribution in [0, 0.1) is 5.82 Å². The highest BCUT2D eigenvalue weighted by molar-refractivity contribution is 5.89. The lowest BCUT2D eigenvalue weighted by Gasteiger charge is -2.15. The highest BCUT2D eigenvalue weighted by atomic mass is 19.1. The molecule has 6 heteroatoms. The van der Waals surface area contributed by atoms with Crippen molar-refractivity contribution in [3.05, 3.63) is 65.5 Å². The second-order valence-electron chi connectivity index (χ2n) is 6.37. The maximum absolute atomic E-state index is 13.0. The van der Waals surface area contributed by atoms with E-state index in [1.54, 1.807) is 17.0 Å². The summed E-state index contributed by atoms with van der Waals surface area (Å²) in [7, 11) is 0. The van der Waals surface area contributed by atoms with Gasteiger partial charge in [-0.3, -0.25) is 9.69 Å². The predicted molar refractivity (Wildman–Crippen MR) is 96.4 cm³/mol. The first-order chi connectivity index (χ1) is 12.5. The third-order valence-electron chi connectivity index (χ3n) is 4.40. The van der Waals surface area contributed by atoms with E-state index < -0.39 is 0 Å². The first-order valence-corrected chi connectivity index (χ1v) is 8.58. The Morgan fingerprint density at radius 1 is 1.27 bits per heavy atom. The summed E-state index contributed by atoms with van der Waals surface area (Å²) in [5, 5.41) is 2.89. The normalized spacial score (nSPS) is 14.8. The maximum atomic E-state index is 13.0. The minimum absolute atomic E-state index is 0.00121. The lowest BCUT2D eigenvalue weighted by atomic mass is 9.97. The van der Waals surface area contributed by atoms with Crippen LogP contribution in [0.3, 0.4) is 0 Å². The van der Waals surface area contributed by atoms with Crippen molar-refractivity contribution in [2.24, 2.45) is 0 Å². The molecular formula is C20H21FN2O3. The molecule has 1 N–H and O–H groups in total. The van der Waals surface area contributed by atoms with Gasteiger partial charge in [-0.05, 0) is 41.3 Å². The number of nitrogens with zero attached hydrogens (tertiary/aromatic N) is 1. The van der Waals surface area contributed by atoms with Crippen LogP contribution in [0.25, 0.3) is 0 Å². The predicted octanol–water partition coefficient (Wildman–Crippen LogP) is 3.59. The van der Waals surface area contributed by atoms with E-state index in [2.05, 4.69) is 5.32 Å². The van der Waals surface area contributed by atoms with Crippen LogP contribution in [0.5, 0.6) is 0 Å². The van der Waals surface area contributed by atoms with Gasteiger partial charge in [0.15, 0.2) is 0 Å². The average molecular weight is 356 g/mol. The Balaban J connectivity index is 1.54. The van der Waals surface area contributed by atoms with Gasteiger partial charge >= 0.3 is 6.09 Å². The summed E-state index contributed by atoms with van der Waals surface area (Å²) in [6, 6.07) is 13.7. The molecule has 136 valence electrons. The summed E-state index contributed by atoms with van der Waals surface area (Å²) in [4.78, 5) is 25.4. The number of hydrogen-bond acceptors (Lipinski definition) is 3. The summed E-state index contributed by atoms with van der Waals surface area (Å²) in [6.45, 7) is 3.24. The molecule has 2 aromatic carbocycles. The third-order valence-corrected chi connectivity index (χ3v) is 4.40. The molecule has 1 saturated heterocycles. The van der Waals surface area contributed by atoms with Gasteiger partial charge < -0.3 is 10.1 Å². The number of nitrogens with one attached hydrogen (secondary N) is 1. The second-order valence-corrected chi connectivity index (χ2v) is 6.37. The first-order valence-electron chi connectivity index (χ1n) is 8.58. The lowest BCUT2D eigenvalue weighted by molar-refractivity contribution is -0.121. The lowest BCUT2D eigenvalue weighted by Crippen LogP contribution is -2.25. The van der Waals surface area contributed by atoms with Gasteiger partial charge in [0, 0.05) is 18.7 Å². The van der Waals surface area contributed by atoms with E-state index in [0.717, 1.165) is 16.8 Å². The first kappa shape index (κ1) is 17.9. The Labute approximate surface area is 151 Å². The number of carbonyl (C=O) groups excluding carboxylic acids is 2. The molecule has 1 fully saturated rings. The van der Waals surface area contributed by atoms with Crippen molar-refractivity contribution in [2.45, 2.75) is 25.8 Å². The van der Waals surface area contributed by atoms with E-state index >= 15 is 0 Å². The number of hydrogen-bond donors (Lipinski definition) is 1. The van der Waals surface area contributed by atoms with Gasteiger partial charge in [0.1, 0.15) is 12.4 Å². The van der Waals surface area contributed by atoms with Gasteiger partial charge in [0.2, 0.25) is 5.91 Å². The number of carbonyl (C=O) groups is 2. The molecule has 0 aromatic heterocycles. The summed E-state index contributed by atoms with van der Waals surface area (Å²) in [6.07, 6.45) is -0.0247. The van der Waals surface area contributed by atoms with Gasteiger partial charge in [-0.2, -0.15) is 0 Å².